The van der Waals surface area contributed by atoms with Crippen molar-refractivity contribution in [1.82, 2.24) is 0 Å². The zero-order valence-electron chi connectivity index (χ0n) is 21.1. The zero-order chi connectivity index (χ0) is 25.3. The minimum atomic E-state index is -1.95. The number of aliphatic hydroxyl groups excluding tert-OH is 2. The van der Waals surface area contributed by atoms with Gasteiger partial charge in [0.2, 0.25) is 5.78 Å². The molecular weight excluding hydrogens is 452 g/mol. The van der Waals surface area contributed by atoms with Crippen molar-refractivity contribution in [3.8, 4) is 0 Å². The summed E-state index contributed by atoms with van der Waals surface area (Å²) in [6, 6.07) is 0. The Balaban J connectivity index is 1.55. The van der Waals surface area contributed by atoms with Gasteiger partial charge in [-0.2, -0.15) is 0 Å². The van der Waals surface area contributed by atoms with E-state index in [0.29, 0.717) is 25.7 Å². The highest BCUT2D eigenvalue weighted by Gasteiger charge is 2.76. The summed E-state index contributed by atoms with van der Waals surface area (Å²) in [6.07, 6.45) is 3.09. The van der Waals surface area contributed by atoms with Crippen molar-refractivity contribution in [2.24, 2.45) is 28.6 Å². The van der Waals surface area contributed by atoms with Crippen molar-refractivity contribution in [2.75, 3.05) is 0 Å². The zero-order valence-corrected chi connectivity index (χ0v) is 21.1. The Kier molecular flexibility index (Phi) is 6.06. The molecule has 3 saturated carbocycles. The molecule has 2 unspecified atom stereocenters. The van der Waals surface area contributed by atoms with Gasteiger partial charge in [0, 0.05) is 18.8 Å². The summed E-state index contributed by atoms with van der Waals surface area (Å²) in [5, 5.41) is 22.3. The first-order chi connectivity index (χ1) is 16.5. The maximum absolute atomic E-state index is 13.8. The fourth-order valence-electron chi connectivity index (χ4n) is 8.70. The number of hydrogen-bond donors (Lipinski definition) is 2. The van der Waals surface area contributed by atoms with Crippen LogP contribution in [0, 0.1) is 28.6 Å². The molecule has 5 rings (SSSR count). The van der Waals surface area contributed by atoms with E-state index in [1.54, 1.807) is 6.08 Å². The van der Waals surface area contributed by atoms with Crippen molar-refractivity contribution in [3.63, 3.8) is 0 Å². The molecule has 0 spiro atoms. The van der Waals surface area contributed by atoms with E-state index in [1.165, 1.54) is 0 Å². The van der Waals surface area contributed by atoms with E-state index in [9.17, 15) is 24.6 Å². The van der Waals surface area contributed by atoms with E-state index in [1.807, 2.05) is 13.8 Å². The van der Waals surface area contributed by atoms with Gasteiger partial charge in [-0.3, -0.25) is 14.4 Å². The molecule has 0 amide bonds. The summed E-state index contributed by atoms with van der Waals surface area (Å²) in [5.41, 5.74) is -1.42. The van der Waals surface area contributed by atoms with Gasteiger partial charge in [0.25, 0.3) is 6.29 Å². The van der Waals surface area contributed by atoms with Gasteiger partial charge in [0.1, 0.15) is 0 Å². The first kappa shape index (κ1) is 25.1. The third-order valence-corrected chi connectivity index (χ3v) is 10.1. The highest BCUT2D eigenvalue weighted by Crippen LogP contribution is 2.70. The molecule has 0 aromatic carbocycles. The first-order valence-electron chi connectivity index (χ1n) is 13.1. The Morgan fingerprint density at radius 3 is 2.71 bits per heavy atom. The number of rotatable bonds is 5. The summed E-state index contributed by atoms with van der Waals surface area (Å²) >= 11 is 0. The van der Waals surface area contributed by atoms with E-state index in [4.69, 9.17) is 14.2 Å². The van der Waals surface area contributed by atoms with Gasteiger partial charge in [-0.1, -0.05) is 32.8 Å². The molecule has 0 aromatic rings. The van der Waals surface area contributed by atoms with Crippen LogP contribution >= 0.6 is 0 Å². The third-order valence-electron chi connectivity index (χ3n) is 10.1. The predicted molar refractivity (Wildman–Crippen MR) is 124 cm³/mol. The van der Waals surface area contributed by atoms with Crippen LogP contribution in [-0.2, 0) is 28.6 Å². The monoisotopic (exact) mass is 490 g/mol. The molecule has 5 aliphatic rings. The van der Waals surface area contributed by atoms with Gasteiger partial charge in [0.15, 0.2) is 17.7 Å². The van der Waals surface area contributed by atoms with Crippen molar-refractivity contribution >= 4 is 17.5 Å². The Hall–Kier alpha value is -1.61. The van der Waals surface area contributed by atoms with Crippen LogP contribution in [0.4, 0.5) is 0 Å². The molecule has 0 radical (unpaired) electrons. The summed E-state index contributed by atoms with van der Waals surface area (Å²) in [7, 11) is 0. The van der Waals surface area contributed by atoms with E-state index >= 15 is 0 Å². The number of carbonyl (C=O) groups is 3. The number of esters is 1. The number of allylic oxidation sites excluding steroid dienone is 1. The second-order valence-corrected chi connectivity index (χ2v) is 11.8. The van der Waals surface area contributed by atoms with Crippen LogP contribution in [0.3, 0.4) is 0 Å². The van der Waals surface area contributed by atoms with Crippen LogP contribution in [0.5, 0.6) is 0 Å². The lowest BCUT2D eigenvalue weighted by Gasteiger charge is -2.60. The molecule has 35 heavy (non-hydrogen) atoms. The number of Topliss-reactive ketones (excluding diaryl/α,β-unsaturated/α-hetero) is 1. The van der Waals surface area contributed by atoms with E-state index in [-0.39, 0.29) is 29.0 Å². The fraction of sp³-hybridized carbons (Fsp3) is 0.815. The molecule has 1 aliphatic heterocycles. The van der Waals surface area contributed by atoms with Crippen LogP contribution in [0.15, 0.2) is 11.6 Å². The van der Waals surface area contributed by atoms with Gasteiger partial charge in [-0.25, -0.2) is 0 Å². The topological polar surface area (TPSA) is 119 Å². The highest BCUT2D eigenvalue weighted by molar-refractivity contribution is 5.94. The van der Waals surface area contributed by atoms with Crippen molar-refractivity contribution in [2.45, 2.75) is 109 Å². The number of fused-ring (bicyclic) bond motifs is 7. The van der Waals surface area contributed by atoms with Crippen LogP contribution in [0.2, 0.25) is 0 Å². The molecule has 4 fully saturated rings. The second-order valence-electron chi connectivity index (χ2n) is 11.8. The van der Waals surface area contributed by atoms with Crippen LogP contribution in [0.1, 0.15) is 79.1 Å². The lowest BCUT2D eigenvalue weighted by molar-refractivity contribution is -0.217. The summed E-state index contributed by atoms with van der Waals surface area (Å²) in [6.45, 7) is 7.31. The van der Waals surface area contributed by atoms with Crippen molar-refractivity contribution in [1.29, 1.82) is 0 Å². The lowest BCUT2D eigenvalue weighted by Crippen LogP contribution is -2.65. The smallest absolute Gasteiger partial charge is 0.305 e. The largest absolute Gasteiger partial charge is 0.428 e. The van der Waals surface area contributed by atoms with E-state index in [0.717, 1.165) is 38.2 Å². The lowest BCUT2D eigenvalue weighted by atomic mass is 9.45. The fourth-order valence-corrected chi connectivity index (χ4v) is 8.70. The van der Waals surface area contributed by atoms with Crippen molar-refractivity contribution < 1.29 is 38.8 Å². The van der Waals surface area contributed by atoms with Crippen LogP contribution in [-0.4, -0.2) is 58.1 Å². The SMILES string of the molecule is CCCC1O[C@@H]2C[C@H]3[C@@H]4CCC5=CC(=O)CC[C@]5(C)[C@H]4[C@@H](O)C[C@]3(C)[C@]2(C(=O)C(O)OC(C)=O)O1. The van der Waals surface area contributed by atoms with Gasteiger partial charge >= 0.3 is 5.97 Å². The molecule has 0 bridgehead atoms. The Morgan fingerprint density at radius 1 is 1.29 bits per heavy atom. The van der Waals surface area contributed by atoms with Gasteiger partial charge in [-0.05, 0) is 67.8 Å². The molecule has 8 heteroatoms. The number of hydrogen-bond acceptors (Lipinski definition) is 8. The molecule has 8 nitrogen and oxygen atoms in total. The molecule has 1 saturated heterocycles. The normalized spacial score (nSPS) is 47.1. The summed E-state index contributed by atoms with van der Waals surface area (Å²) in [5.74, 6) is -1.17. The Bertz CT molecular complexity index is 959. The standard InChI is InChI=1S/C27H38O8/c1-5-6-21-34-20-12-18-17-8-7-15-11-16(29)9-10-25(15,3)22(17)19(30)13-26(18,4)27(20,35-21)23(31)24(32)33-14(2)28/h11,17-22,24,30,32H,5-10,12-13H2,1-4H3/t17-,18-,19-,20+,21?,22+,24?,25-,26-,27-/m0/s1. The maximum Gasteiger partial charge on any atom is 0.305 e. The molecule has 0 aromatic heterocycles. The minimum Gasteiger partial charge on any atom is -0.428 e. The molecule has 10 atom stereocenters. The molecule has 1 heterocycles. The molecule has 2 N–H and O–H groups in total. The average molecular weight is 491 g/mol. The van der Waals surface area contributed by atoms with Gasteiger partial charge < -0.3 is 24.4 Å². The quantitative estimate of drug-likeness (QED) is 0.446. The molecular formula is C27H38O8. The number of ether oxygens (including phenoxy) is 3. The van der Waals surface area contributed by atoms with E-state index in [2.05, 4.69) is 6.92 Å². The molecule has 4 aliphatic carbocycles. The van der Waals surface area contributed by atoms with Gasteiger partial charge in [-0.15, -0.1) is 0 Å². The second kappa shape index (κ2) is 8.47. The Morgan fingerprint density at radius 2 is 2.03 bits per heavy atom. The van der Waals surface area contributed by atoms with Crippen LogP contribution < -0.4 is 0 Å². The highest BCUT2D eigenvalue weighted by atomic mass is 16.7. The Labute approximate surface area is 206 Å². The van der Waals surface area contributed by atoms with Gasteiger partial charge in [0.05, 0.1) is 12.2 Å². The maximum atomic E-state index is 13.8. The average Bonchev–Trinajstić information content (AvgIpc) is 3.25. The summed E-state index contributed by atoms with van der Waals surface area (Å²) in [4.78, 5) is 37.5. The first-order valence-corrected chi connectivity index (χ1v) is 13.1. The summed E-state index contributed by atoms with van der Waals surface area (Å²) < 4.78 is 17.6. The van der Waals surface area contributed by atoms with Crippen LogP contribution in [0.25, 0.3) is 0 Å². The number of ketones is 2. The number of carbonyl (C=O) groups excluding carboxylic acids is 3. The predicted octanol–water partition coefficient (Wildman–Crippen LogP) is 2.83. The third kappa shape index (κ3) is 3.43. The number of aliphatic hydroxyl groups is 2. The van der Waals surface area contributed by atoms with Crippen molar-refractivity contribution in [3.05, 3.63) is 11.6 Å². The van der Waals surface area contributed by atoms with E-state index < -0.39 is 47.6 Å². The minimum absolute atomic E-state index is 0.0213. The molecule has 194 valence electrons.